The maximum Gasteiger partial charge on any atom is 0.230 e. The number of nitrogens with zero attached hydrogens (tertiary/aromatic N) is 3. The van der Waals surface area contributed by atoms with Gasteiger partial charge in [0, 0.05) is 18.9 Å². The summed E-state index contributed by atoms with van der Waals surface area (Å²) in [5.41, 5.74) is 3.11. The molecule has 0 amide bonds. The molecule has 0 aliphatic carbocycles. The number of hydrogen-bond donors (Lipinski definition) is 3. The predicted octanol–water partition coefficient (Wildman–Crippen LogP) is 0.454. The van der Waals surface area contributed by atoms with Gasteiger partial charge in [-0.2, -0.15) is 4.99 Å². The van der Waals surface area contributed by atoms with Crippen molar-refractivity contribution in [3.63, 3.8) is 0 Å². The Morgan fingerprint density at radius 1 is 1.29 bits per heavy atom. The van der Waals surface area contributed by atoms with Crippen molar-refractivity contribution in [2.75, 3.05) is 38.9 Å². The highest BCUT2D eigenvalue weighted by atomic mass is 16.5. The number of aromatic nitrogens is 2. The van der Waals surface area contributed by atoms with Gasteiger partial charge in [-0.1, -0.05) is 12.1 Å². The van der Waals surface area contributed by atoms with Crippen molar-refractivity contribution in [2.24, 2.45) is 4.99 Å². The van der Waals surface area contributed by atoms with E-state index in [9.17, 15) is 0 Å². The molecule has 0 saturated carbocycles. The lowest BCUT2D eigenvalue weighted by Gasteiger charge is -2.24. The van der Waals surface area contributed by atoms with E-state index >= 15 is 0 Å². The van der Waals surface area contributed by atoms with Crippen LogP contribution in [0, 0.1) is 13.8 Å². The number of aliphatic imine (C=N–C) groups is 1. The van der Waals surface area contributed by atoms with Gasteiger partial charge in [-0.05, 0) is 25.5 Å². The van der Waals surface area contributed by atoms with E-state index in [-0.39, 0.29) is 0 Å². The Labute approximate surface area is 142 Å². The summed E-state index contributed by atoms with van der Waals surface area (Å²) in [5.74, 6) is 1.32. The van der Waals surface area contributed by atoms with Crippen molar-refractivity contribution in [1.82, 2.24) is 15.3 Å². The average Bonchev–Trinajstić information content (AvgIpc) is 2.56. The second-order valence-electron chi connectivity index (χ2n) is 6.14. The summed E-state index contributed by atoms with van der Waals surface area (Å²) in [6.45, 7) is 7.48. The molecular formula is C17H25N6O+. The van der Waals surface area contributed by atoms with Crippen molar-refractivity contribution in [3.8, 4) is 0 Å². The highest BCUT2D eigenvalue weighted by molar-refractivity contribution is 5.93. The van der Waals surface area contributed by atoms with Crippen LogP contribution < -0.4 is 15.5 Å². The third-order valence-electron chi connectivity index (χ3n) is 4.12. The average molecular weight is 329 g/mol. The molecule has 0 spiro atoms. The van der Waals surface area contributed by atoms with Gasteiger partial charge < -0.3 is 10.1 Å². The molecule has 1 aliphatic heterocycles. The highest BCUT2D eigenvalue weighted by Gasteiger charge is 2.15. The molecule has 0 bridgehead atoms. The van der Waals surface area contributed by atoms with Crippen molar-refractivity contribution in [2.45, 2.75) is 20.3 Å². The Kier molecular flexibility index (Phi) is 5.22. The van der Waals surface area contributed by atoms with Gasteiger partial charge in [-0.15, -0.1) is 0 Å². The topological polar surface area (TPSA) is 75.9 Å². The van der Waals surface area contributed by atoms with Crippen LogP contribution >= 0.6 is 0 Å². The number of methoxy groups -OCH3 is 1. The monoisotopic (exact) mass is 329 g/mol. The summed E-state index contributed by atoms with van der Waals surface area (Å²) in [7, 11) is 1.73. The molecule has 0 radical (unpaired) electrons. The number of aryl methyl sites for hydroxylation is 2. The van der Waals surface area contributed by atoms with Crippen LogP contribution in [0.25, 0.3) is 10.9 Å². The third-order valence-corrected chi connectivity index (χ3v) is 4.12. The number of rotatable bonds is 5. The van der Waals surface area contributed by atoms with Gasteiger partial charge in [0.15, 0.2) is 13.3 Å². The summed E-state index contributed by atoms with van der Waals surface area (Å²) >= 11 is 0. The lowest BCUT2D eigenvalue weighted by molar-refractivity contribution is -0.903. The molecule has 7 nitrogen and oxygen atoms in total. The van der Waals surface area contributed by atoms with E-state index in [4.69, 9.17) is 4.74 Å². The fourth-order valence-electron chi connectivity index (χ4n) is 2.79. The molecule has 3 rings (SSSR count). The zero-order chi connectivity index (χ0) is 16.9. The van der Waals surface area contributed by atoms with E-state index in [2.05, 4.69) is 50.7 Å². The van der Waals surface area contributed by atoms with E-state index in [1.807, 2.05) is 6.92 Å². The van der Waals surface area contributed by atoms with Crippen LogP contribution in [0.4, 0.5) is 5.95 Å². The molecule has 1 unspecified atom stereocenters. The second kappa shape index (κ2) is 7.55. The molecule has 2 aromatic rings. The molecule has 0 saturated heterocycles. The van der Waals surface area contributed by atoms with Gasteiger partial charge in [-0.3, -0.25) is 10.2 Å². The molecule has 7 heteroatoms. The van der Waals surface area contributed by atoms with Crippen molar-refractivity contribution in [1.29, 1.82) is 0 Å². The number of anilines is 1. The van der Waals surface area contributed by atoms with Gasteiger partial charge in [0.25, 0.3) is 0 Å². The molecule has 1 aromatic heterocycles. The lowest BCUT2D eigenvalue weighted by Crippen LogP contribution is -3.14. The Bertz CT molecular complexity index is 745. The molecule has 0 fully saturated rings. The largest absolute Gasteiger partial charge is 0.384 e. The number of quaternary nitrogens is 1. The Balaban J connectivity index is 1.67. The lowest BCUT2D eigenvalue weighted by atomic mass is 10.1. The van der Waals surface area contributed by atoms with Crippen LogP contribution in [0.5, 0.6) is 0 Å². The smallest absolute Gasteiger partial charge is 0.230 e. The summed E-state index contributed by atoms with van der Waals surface area (Å²) in [5, 5.41) is 7.59. The molecular weight excluding hydrogens is 304 g/mol. The standard InChI is InChI=1S/C17H24N6O/c1-12-5-6-14-13(2)20-17(21-15(14)9-12)22-16-18-10-23(11-19-16)7-4-8-24-3/h5-6,9H,4,7-8,10-11H2,1-3H3,(H2,18,19,20,21,22)/p+1. The molecule has 1 atom stereocenters. The zero-order valence-electron chi connectivity index (χ0n) is 14.5. The van der Waals surface area contributed by atoms with Crippen molar-refractivity contribution >= 4 is 22.8 Å². The SMILES string of the molecule is COCCC[NH+]1CN=C(Nc2nc(C)c3ccc(C)cc3n2)NC1. The predicted molar refractivity (Wildman–Crippen MR) is 95.3 cm³/mol. The number of nitrogens with one attached hydrogen (secondary N) is 3. The van der Waals surface area contributed by atoms with Crippen molar-refractivity contribution in [3.05, 3.63) is 29.5 Å². The molecule has 3 N–H and O–H groups in total. The quantitative estimate of drug-likeness (QED) is 0.695. The van der Waals surface area contributed by atoms with Gasteiger partial charge in [0.05, 0.1) is 24.4 Å². The highest BCUT2D eigenvalue weighted by Crippen LogP contribution is 2.18. The first-order valence-electron chi connectivity index (χ1n) is 8.28. The van der Waals surface area contributed by atoms with Crippen LogP contribution in [0.15, 0.2) is 23.2 Å². The van der Waals surface area contributed by atoms with Gasteiger partial charge in [-0.25, -0.2) is 9.97 Å². The van der Waals surface area contributed by atoms with Crippen LogP contribution in [0.3, 0.4) is 0 Å². The molecule has 128 valence electrons. The third kappa shape index (κ3) is 3.98. The Morgan fingerprint density at radius 2 is 2.17 bits per heavy atom. The van der Waals surface area contributed by atoms with Crippen LogP contribution in [0.2, 0.25) is 0 Å². The van der Waals surface area contributed by atoms with Gasteiger partial charge in [0.2, 0.25) is 11.9 Å². The maximum atomic E-state index is 5.09. The summed E-state index contributed by atoms with van der Waals surface area (Å²) in [6, 6.07) is 6.23. The van der Waals surface area contributed by atoms with Crippen LogP contribution in [-0.2, 0) is 4.74 Å². The van der Waals surface area contributed by atoms with Gasteiger partial charge in [0.1, 0.15) is 0 Å². The molecule has 1 aromatic carbocycles. The van der Waals surface area contributed by atoms with Crippen LogP contribution in [-0.4, -0.2) is 49.5 Å². The van der Waals surface area contributed by atoms with E-state index in [1.165, 1.54) is 10.5 Å². The fraction of sp³-hybridized carbons (Fsp3) is 0.471. The van der Waals surface area contributed by atoms with E-state index in [0.29, 0.717) is 5.95 Å². The minimum absolute atomic E-state index is 0.583. The zero-order valence-corrected chi connectivity index (χ0v) is 14.5. The molecule has 2 heterocycles. The second-order valence-corrected chi connectivity index (χ2v) is 6.14. The number of guanidine groups is 1. The van der Waals surface area contributed by atoms with E-state index < -0.39 is 0 Å². The first-order chi connectivity index (χ1) is 11.7. The summed E-state index contributed by atoms with van der Waals surface area (Å²) < 4.78 is 5.09. The summed E-state index contributed by atoms with van der Waals surface area (Å²) in [4.78, 5) is 15.1. The maximum absolute atomic E-state index is 5.09. The number of ether oxygens (including phenoxy) is 1. The Hall–Kier alpha value is -2.25. The first-order valence-corrected chi connectivity index (χ1v) is 8.28. The number of benzene rings is 1. The number of fused-ring (bicyclic) bond motifs is 1. The van der Waals surface area contributed by atoms with E-state index in [1.54, 1.807) is 7.11 Å². The van der Waals surface area contributed by atoms with E-state index in [0.717, 1.165) is 55.5 Å². The molecule has 24 heavy (non-hydrogen) atoms. The van der Waals surface area contributed by atoms with Crippen LogP contribution in [0.1, 0.15) is 17.7 Å². The van der Waals surface area contributed by atoms with Gasteiger partial charge >= 0.3 is 0 Å². The van der Waals surface area contributed by atoms with Crippen molar-refractivity contribution < 1.29 is 9.64 Å². The minimum atomic E-state index is 0.583. The minimum Gasteiger partial charge on any atom is -0.384 e. The molecule has 1 aliphatic rings. The Morgan fingerprint density at radius 3 is 2.92 bits per heavy atom. The normalized spacial score (nSPS) is 17.5. The number of hydrogen-bond acceptors (Lipinski definition) is 6. The summed E-state index contributed by atoms with van der Waals surface area (Å²) in [6.07, 6.45) is 1.04. The first kappa shape index (κ1) is 16.6. The fourth-order valence-corrected chi connectivity index (χ4v) is 2.79.